The summed E-state index contributed by atoms with van der Waals surface area (Å²) < 4.78 is 6.35. The van der Waals surface area contributed by atoms with Crippen molar-refractivity contribution >= 4 is 22.4 Å². The van der Waals surface area contributed by atoms with Crippen LogP contribution in [0.25, 0.3) is 0 Å². The average molecular weight is 296 g/mol. The van der Waals surface area contributed by atoms with Gasteiger partial charge in [-0.3, -0.25) is 4.79 Å². The second-order valence-corrected chi connectivity index (χ2v) is 6.26. The Bertz CT molecular complexity index is 677. The van der Waals surface area contributed by atoms with Crippen LogP contribution in [0.1, 0.15) is 39.3 Å². The van der Waals surface area contributed by atoms with Gasteiger partial charge in [0.25, 0.3) is 0 Å². The van der Waals surface area contributed by atoms with Crippen LogP contribution in [0.4, 0.5) is 5.13 Å². The highest BCUT2D eigenvalue weighted by Gasteiger charge is 2.22. The zero-order valence-corrected chi connectivity index (χ0v) is 12.6. The van der Waals surface area contributed by atoms with Crippen LogP contribution < -0.4 is 11.1 Å². The molecular weight excluding hydrogens is 280 g/mol. The van der Waals surface area contributed by atoms with E-state index >= 15 is 0 Å². The molecule has 20 heavy (non-hydrogen) atoms. The van der Waals surface area contributed by atoms with Crippen molar-refractivity contribution in [2.45, 2.75) is 39.7 Å². The van der Waals surface area contributed by atoms with Crippen molar-refractivity contribution in [3.63, 3.8) is 0 Å². The number of aromatic nitrogens is 3. The lowest BCUT2D eigenvalue weighted by Crippen LogP contribution is -2.17. The number of anilines is 1. The molecule has 0 aliphatic carbocycles. The molecule has 2 heterocycles. The molecule has 0 saturated heterocycles. The fourth-order valence-electron chi connectivity index (χ4n) is 1.45. The van der Waals surface area contributed by atoms with Gasteiger partial charge in [-0.15, -0.1) is 16.4 Å². The topological polar surface area (TPSA) is 90.0 Å². The Balaban J connectivity index is 2.18. The molecule has 0 fully saturated rings. The monoisotopic (exact) mass is 296 g/mol. The minimum atomic E-state index is -0.510. The van der Waals surface area contributed by atoms with E-state index in [-0.39, 0.29) is 17.9 Å². The first-order valence-corrected chi connectivity index (χ1v) is 6.94. The second-order valence-electron chi connectivity index (χ2n) is 5.41. The molecule has 0 spiro atoms. The van der Waals surface area contributed by atoms with Crippen LogP contribution in [-0.4, -0.2) is 20.7 Å². The summed E-state index contributed by atoms with van der Waals surface area (Å²) in [5.41, 5.74) is 0.322. The largest absolute Gasteiger partial charge is 0.437 e. The zero-order valence-electron chi connectivity index (χ0n) is 11.8. The molecule has 0 radical (unpaired) electrons. The van der Waals surface area contributed by atoms with Crippen LogP contribution in [0, 0.1) is 0 Å². The number of hydrogen-bond donors (Lipinski definition) is 1. The van der Waals surface area contributed by atoms with Crippen molar-refractivity contribution in [2.75, 3.05) is 5.32 Å². The van der Waals surface area contributed by atoms with Crippen molar-refractivity contribution < 1.29 is 9.21 Å². The minimum absolute atomic E-state index is 0.181. The summed E-state index contributed by atoms with van der Waals surface area (Å²) >= 11 is 1.30. The number of carbonyl (C=O) groups is 1. The lowest BCUT2D eigenvalue weighted by atomic mass is 9.97. The van der Waals surface area contributed by atoms with Crippen LogP contribution in [0.15, 0.2) is 14.6 Å². The number of nitrogens with zero attached hydrogens (tertiary/aromatic N) is 3. The van der Waals surface area contributed by atoms with Gasteiger partial charge in [-0.25, -0.2) is 9.78 Å². The Hall–Kier alpha value is -1.96. The molecule has 2 aromatic rings. The van der Waals surface area contributed by atoms with Crippen molar-refractivity contribution in [3.8, 4) is 0 Å². The second kappa shape index (κ2) is 5.20. The lowest BCUT2D eigenvalue weighted by Gasteiger charge is -2.10. The van der Waals surface area contributed by atoms with Crippen LogP contribution in [0.2, 0.25) is 0 Å². The van der Waals surface area contributed by atoms with Crippen LogP contribution in [0.5, 0.6) is 0 Å². The molecule has 0 aromatic carbocycles. The van der Waals surface area contributed by atoms with Gasteiger partial charge in [0, 0.05) is 17.7 Å². The summed E-state index contributed by atoms with van der Waals surface area (Å²) in [6.45, 7) is 7.38. The van der Waals surface area contributed by atoms with Gasteiger partial charge >= 0.3 is 5.76 Å². The predicted molar refractivity (Wildman–Crippen MR) is 75.0 cm³/mol. The standard InChI is InChI=1S/C12H16N4O3S/c1-7(17)13-10-14-8(6-20-10)5-16-11(18)19-9(15-16)12(2,3)4/h6H,5H2,1-4H3,(H,13,14,17). The molecule has 1 amide bonds. The van der Waals surface area contributed by atoms with Gasteiger partial charge in [0.2, 0.25) is 11.8 Å². The fourth-order valence-corrected chi connectivity index (χ4v) is 2.20. The summed E-state index contributed by atoms with van der Waals surface area (Å²) in [5.74, 6) is -0.302. The van der Waals surface area contributed by atoms with Crippen LogP contribution in [0.3, 0.4) is 0 Å². The summed E-state index contributed by atoms with van der Waals surface area (Å²) in [5, 5.41) is 9.02. The molecule has 2 rings (SSSR count). The third-order valence-electron chi connectivity index (χ3n) is 2.39. The molecule has 8 heteroatoms. The normalized spacial score (nSPS) is 11.6. The SMILES string of the molecule is CC(=O)Nc1nc(Cn2nc(C(C)(C)C)oc2=O)cs1. The molecule has 0 unspecified atom stereocenters. The van der Waals surface area contributed by atoms with Gasteiger partial charge in [-0.1, -0.05) is 20.8 Å². The number of hydrogen-bond acceptors (Lipinski definition) is 6. The highest BCUT2D eigenvalue weighted by molar-refractivity contribution is 7.13. The number of rotatable bonds is 3. The summed E-state index contributed by atoms with van der Waals surface area (Å²) in [4.78, 5) is 26.8. The van der Waals surface area contributed by atoms with Gasteiger partial charge in [-0.05, 0) is 0 Å². The minimum Gasteiger partial charge on any atom is -0.392 e. The Morgan fingerprint density at radius 1 is 1.50 bits per heavy atom. The molecule has 1 N–H and O–H groups in total. The smallest absolute Gasteiger partial charge is 0.392 e. The van der Waals surface area contributed by atoms with Crippen molar-refractivity contribution in [1.82, 2.24) is 14.8 Å². The number of nitrogens with one attached hydrogen (secondary N) is 1. The van der Waals surface area contributed by atoms with Gasteiger partial charge in [0.15, 0.2) is 5.13 Å². The molecular formula is C12H16N4O3S. The molecule has 7 nitrogen and oxygen atoms in total. The molecule has 0 atom stereocenters. The number of carbonyl (C=O) groups excluding carboxylic acids is 1. The van der Waals surface area contributed by atoms with Crippen molar-refractivity contribution in [3.05, 3.63) is 27.5 Å². The third-order valence-corrected chi connectivity index (χ3v) is 3.20. The molecule has 0 saturated carbocycles. The predicted octanol–water partition coefficient (Wildman–Crippen LogP) is 1.60. The lowest BCUT2D eigenvalue weighted by molar-refractivity contribution is -0.114. The Kier molecular flexibility index (Phi) is 3.76. The zero-order chi connectivity index (χ0) is 14.9. The van der Waals surface area contributed by atoms with E-state index in [9.17, 15) is 9.59 Å². The Labute approximate surface area is 119 Å². The quantitative estimate of drug-likeness (QED) is 0.929. The summed E-state index contributed by atoms with van der Waals surface area (Å²) in [6.07, 6.45) is 0. The van der Waals surface area contributed by atoms with E-state index in [1.807, 2.05) is 20.8 Å². The molecule has 108 valence electrons. The third kappa shape index (κ3) is 3.32. The first-order valence-electron chi connectivity index (χ1n) is 6.06. The first-order chi connectivity index (χ1) is 9.25. The average Bonchev–Trinajstić information content (AvgIpc) is 2.86. The maximum atomic E-state index is 11.7. The van der Waals surface area contributed by atoms with Crippen molar-refractivity contribution in [1.29, 1.82) is 0 Å². The van der Waals surface area contributed by atoms with E-state index in [0.29, 0.717) is 16.7 Å². The maximum absolute atomic E-state index is 11.7. The first kappa shape index (κ1) is 14.4. The van der Waals surface area contributed by atoms with E-state index in [0.717, 1.165) is 0 Å². The molecule has 0 aliphatic rings. The molecule has 2 aromatic heterocycles. The van der Waals surface area contributed by atoms with Gasteiger partial charge < -0.3 is 9.73 Å². The number of amides is 1. The highest BCUT2D eigenvalue weighted by atomic mass is 32.1. The maximum Gasteiger partial charge on any atom is 0.437 e. The van der Waals surface area contributed by atoms with Crippen LogP contribution in [-0.2, 0) is 16.8 Å². The van der Waals surface area contributed by atoms with Gasteiger partial charge in [0.05, 0.1) is 12.2 Å². The molecule has 0 aliphatic heterocycles. The van der Waals surface area contributed by atoms with Gasteiger partial charge in [0.1, 0.15) is 0 Å². The summed E-state index contributed by atoms with van der Waals surface area (Å²) in [6, 6.07) is 0. The van der Waals surface area contributed by atoms with E-state index in [1.54, 1.807) is 5.38 Å². The summed E-state index contributed by atoms with van der Waals surface area (Å²) in [7, 11) is 0. The van der Waals surface area contributed by atoms with E-state index < -0.39 is 5.76 Å². The Morgan fingerprint density at radius 2 is 2.20 bits per heavy atom. The van der Waals surface area contributed by atoms with E-state index in [2.05, 4.69) is 15.4 Å². The van der Waals surface area contributed by atoms with Gasteiger partial charge in [-0.2, -0.15) is 4.68 Å². The highest BCUT2D eigenvalue weighted by Crippen LogP contribution is 2.19. The van der Waals surface area contributed by atoms with E-state index in [1.165, 1.54) is 22.9 Å². The number of thiazole rings is 1. The van der Waals surface area contributed by atoms with Crippen LogP contribution >= 0.6 is 11.3 Å². The fraction of sp³-hybridized carbons (Fsp3) is 0.500. The Morgan fingerprint density at radius 3 is 2.75 bits per heavy atom. The molecule has 0 bridgehead atoms. The van der Waals surface area contributed by atoms with E-state index in [4.69, 9.17) is 4.42 Å². The van der Waals surface area contributed by atoms with Crippen molar-refractivity contribution in [2.24, 2.45) is 0 Å².